The van der Waals surface area contributed by atoms with Gasteiger partial charge in [-0.3, -0.25) is 0 Å². The van der Waals surface area contributed by atoms with Gasteiger partial charge in [0.25, 0.3) is 0 Å². The van der Waals surface area contributed by atoms with Gasteiger partial charge in [0, 0.05) is 10.8 Å². The number of carbonyl (C=O) groups is 1. The summed E-state index contributed by atoms with van der Waals surface area (Å²) >= 11 is 0. The molecule has 9 heteroatoms. The molecular weight excluding hydrogens is 391 g/mol. The number of rotatable bonds is 4. The van der Waals surface area contributed by atoms with Crippen molar-refractivity contribution in [2.75, 3.05) is 7.11 Å². The molecule has 0 aliphatic rings. The Kier molecular flexibility index (Phi) is 4.30. The molecule has 0 bridgehead atoms. The molecule has 0 unspecified atom stereocenters. The number of benzene rings is 2. The van der Waals surface area contributed by atoms with E-state index in [1.165, 1.54) is 19.2 Å². The van der Waals surface area contributed by atoms with E-state index in [0.717, 1.165) is 17.5 Å². The van der Waals surface area contributed by atoms with E-state index in [1.54, 1.807) is 24.3 Å². The lowest BCUT2D eigenvalue weighted by molar-refractivity contribution is -0.274. The summed E-state index contributed by atoms with van der Waals surface area (Å²) in [6.07, 6.45) is -4.89. The van der Waals surface area contributed by atoms with E-state index in [9.17, 15) is 23.1 Å². The molecule has 4 rings (SSSR count). The van der Waals surface area contributed by atoms with E-state index < -0.39 is 18.1 Å². The van der Waals surface area contributed by atoms with Crippen LogP contribution in [0, 0.1) is 0 Å². The van der Waals surface area contributed by atoms with Gasteiger partial charge in [-0.05, 0) is 48.5 Å². The number of furan rings is 1. The van der Waals surface area contributed by atoms with Crippen LogP contribution in [0.15, 0.2) is 52.9 Å². The molecular formula is C20H12F3NO5. The molecule has 29 heavy (non-hydrogen) atoms. The van der Waals surface area contributed by atoms with Gasteiger partial charge in [0.2, 0.25) is 0 Å². The minimum Gasteiger partial charge on any atom is -0.497 e. The summed E-state index contributed by atoms with van der Waals surface area (Å²) in [6.45, 7) is 0. The van der Waals surface area contributed by atoms with Crippen molar-refractivity contribution in [3.63, 3.8) is 0 Å². The van der Waals surface area contributed by atoms with Gasteiger partial charge >= 0.3 is 12.3 Å². The molecule has 2 aromatic carbocycles. The molecule has 6 nitrogen and oxygen atoms in total. The van der Waals surface area contributed by atoms with Crippen LogP contribution in [-0.2, 0) is 0 Å². The maximum absolute atomic E-state index is 12.5. The van der Waals surface area contributed by atoms with Crippen molar-refractivity contribution in [1.29, 1.82) is 0 Å². The Hall–Kier alpha value is -3.75. The molecule has 2 heterocycles. The van der Waals surface area contributed by atoms with Crippen LogP contribution in [0.4, 0.5) is 13.2 Å². The van der Waals surface area contributed by atoms with Crippen LogP contribution >= 0.6 is 0 Å². The zero-order chi connectivity index (χ0) is 20.8. The van der Waals surface area contributed by atoms with Crippen LogP contribution in [0.2, 0.25) is 0 Å². The first-order chi connectivity index (χ1) is 13.7. The smallest absolute Gasteiger partial charge is 0.497 e. The molecule has 2 aromatic heterocycles. The fraction of sp³-hybridized carbons (Fsp3) is 0.100. The monoisotopic (exact) mass is 403 g/mol. The highest BCUT2D eigenvalue weighted by atomic mass is 19.4. The van der Waals surface area contributed by atoms with Crippen LogP contribution in [-0.4, -0.2) is 29.5 Å². The minimum atomic E-state index is -4.89. The zero-order valence-corrected chi connectivity index (χ0v) is 14.8. The summed E-state index contributed by atoms with van der Waals surface area (Å²) in [6, 6.07) is 11.4. The molecule has 0 saturated carbocycles. The highest BCUT2D eigenvalue weighted by molar-refractivity contribution is 6.04. The second-order valence-corrected chi connectivity index (χ2v) is 6.10. The van der Waals surface area contributed by atoms with Gasteiger partial charge in [0.1, 0.15) is 22.8 Å². The molecule has 0 radical (unpaired) electrons. The van der Waals surface area contributed by atoms with Crippen molar-refractivity contribution in [3.05, 3.63) is 54.1 Å². The minimum absolute atomic E-state index is 0.0146. The highest BCUT2D eigenvalue weighted by Crippen LogP contribution is 2.33. The molecule has 0 fully saturated rings. The van der Waals surface area contributed by atoms with Crippen molar-refractivity contribution in [3.8, 4) is 23.0 Å². The molecule has 148 valence electrons. The summed E-state index contributed by atoms with van der Waals surface area (Å²) < 4.78 is 52.2. The van der Waals surface area contributed by atoms with Crippen LogP contribution in [0.25, 0.3) is 33.3 Å². The van der Waals surface area contributed by atoms with Crippen LogP contribution in [0.3, 0.4) is 0 Å². The summed E-state index contributed by atoms with van der Waals surface area (Å²) in [7, 11) is 1.53. The Labute approximate surface area is 161 Å². The summed E-state index contributed by atoms with van der Waals surface area (Å²) in [5.41, 5.74) is 0.742. The molecule has 0 amide bonds. The van der Waals surface area contributed by atoms with Crippen molar-refractivity contribution in [2.24, 2.45) is 0 Å². The van der Waals surface area contributed by atoms with Crippen LogP contribution in [0.5, 0.6) is 11.5 Å². The number of carboxylic acids is 1. The van der Waals surface area contributed by atoms with Crippen molar-refractivity contribution >= 4 is 27.8 Å². The second kappa shape index (κ2) is 6.69. The quantitative estimate of drug-likeness (QED) is 0.501. The van der Waals surface area contributed by atoms with E-state index in [1.807, 2.05) is 0 Å². The van der Waals surface area contributed by atoms with E-state index in [-0.39, 0.29) is 22.2 Å². The van der Waals surface area contributed by atoms with E-state index in [2.05, 4.69) is 9.72 Å². The number of hydrogen-bond donors (Lipinski definition) is 1. The summed E-state index contributed by atoms with van der Waals surface area (Å²) in [5.74, 6) is -0.911. The second-order valence-electron chi connectivity index (χ2n) is 6.10. The summed E-state index contributed by atoms with van der Waals surface area (Å²) in [5, 5.41) is 10.3. The lowest BCUT2D eigenvalue weighted by atomic mass is 10.1. The lowest BCUT2D eigenvalue weighted by Gasteiger charge is -2.11. The van der Waals surface area contributed by atoms with Gasteiger partial charge in [-0.1, -0.05) is 0 Å². The third kappa shape index (κ3) is 3.66. The number of aromatic nitrogens is 1. The summed E-state index contributed by atoms with van der Waals surface area (Å²) in [4.78, 5) is 16.1. The standard InChI is InChI=1S/C20H12F3NO5/c1-27-11-3-5-17-10(6-11)7-18(28-17)16-9-14(19(25)26)13-8-12(29-20(21,22)23)2-4-15(13)24-16/h2-9H,1H3,(H,25,26). The number of halogens is 3. The predicted molar refractivity (Wildman–Crippen MR) is 97.1 cm³/mol. The number of methoxy groups -OCH3 is 1. The normalized spacial score (nSPS) is 11.7. The number of hydrogen-bond acceptors (Lipinski definition) is 5. The average Bonchev–Trinajstić information content (AvgIpc) is 3.08. The lowest BCUT2D eigenvalue weighted by Crippen LogP contribution is -2.17. The first kappa shape index (κ1) is 18.6. The Morgan fingerprint density at radius 1 is 1.07 bits per heavy atom. The zero-order valence-electron chi connectivity index (χ0n) is 14.8. The molecule has 0 saturated heterocycles. The Bertz CT molecular complexity index is 1250. The third-order valence-electron chi connectivity index (χ3n) is 4.22. The number of fused-ring (bicyclic) bond motifs is 2. The Balaban J connectivity index is 1.85. The number of alkyl halides is 3. The number of carboxylic acid groups (broad SMARTS) is 1. The number of ether oxygens (including phenoxy) is 2. The fourth-order valence-corrected chi connectivity index (χ4v) is 2.98. The number of aromatic carboxylic acids is 1. The number of pyridine rings is 1. The van der Waals surface area contributed by atoms with E-state index >= 15 is 0 Å². The van der Waals surface area contributed by atoms with Crippen molar-refractivity contribution < 1.29 is 37.0 Å². The fourth-order valence-electron chi connectivity index (χ4n) is 2.98. The van der Waals surface area contributed by atoms with Crippen molar-refractivity contribution in [1.82, 2.24) is 4.98 Å². The van der Waals surface area contributed by atoms with Gasteiger partial charge in [-0.15, -0.1) is 13.2 Å². The average molecular weight is 403 g/mol. The van der Waals surface area contributed by atoms with E-state index in [4.69, 9.17) is 9.15 Å². The van der Waals surface area contributed by atoms with Gasteiger partial charge in [-0.25, -0.2) is 9.78 Å². The topological polar surface area (TPSA) is 81.8 Å². The first-order valence-corrected chi connectivity index (χ1v) is 8.25. The Morgan fingerprint density at radius 3 is 2.52 bits per heavy atom. The molecule has 1 N–H and O–H groups in total. The predicted octanol–water partition coefficient (Wildman–Crippen LogP) is 5.25. The van der Waals surface area contributed by atoms with Crippen LogP contribution < -0.4 is 9.47 Å². The number of nitrogens with zero attached hydrogens (tertiary/aromatic N) is 1. The van der Waals surface area contributed by atoms with Gasteiger partial charge < -0.3 is 19.0 Å². The largest absolute Gasteiger partial charge is 0.573 e. The molecule has 0 aliphatic heterocycles. The third-order valence-corrected chi connectivity index (χ3v) is 4.22. The maximum atomic E-state index is 12.5. The molecule has 4 aromatic rings. The maximum Gasteiger partial charge on any atom is 0.573 e. The Morgan fingerprint density at radius 2 is 1.83 bits per heavy atom. The van der Waals surface area contributed by atoms with Gasteiger partial charge in [-0.2, -0.15) is 0 Å². The van der Waals surface area contributed by atoms with Gasteiger partial charge in [0.15, 0.2) is 5.76 Å². The molecule has 0 aliphatic carbocycles. The van der Waals surface area contributed by atoms with Crippen molar-refractivity contribution in [2.45, 2.75) is 6.36 Å². The molecule has 0 spiro atoms. The van der Waals surface area contributed by atoms with Gasteiger partial charge in [0.05, 0.1) is 18.2 Å². The molecule has 0 atom stereocenters. The van der Waals surface area contributed by atoms with E-state index in [0.29, 0.717) is 17.1 Å². The van der Waals surface area contributed by atoms with Crippen LogP contribution in [0.1, 0.15) is 10.4 Å². The first-order valence-electron chi connectivity index (χ1n) is 8.25. The SMILES string of the molecule is COc1ccc2oc(-c3cc(C(=O)O)c4cc(OC(F)(F)F)ccc4n3)cc2c1. The highest BCUT2D eigenvalue weighted by Gasteiger charge is 2.31.